The maximum atomic E-state index is 12.4. The van der Waals surface area contributed by atoms with Crippen LogP contribution in [0.2, 0.25) is 0 Å². The SMILES string of the molecule is CC1CN(C(=O)C2CC2C(=O)O)CC(c2ccccc2)O1. The smallest absolute Gasteiger partial charge is 0.307 e. The molecule has 0 aromatic heterocycles. The minimum Gasteiger partial charge on any atom is -0.481 e. The molecule has 2 fully saturated rings. The molecule has 1 heterocycles. The lowest BCUT2D eigenvalue weighted by Gasteiger charge is -2.37. The number of carbonyl (C=O) groups excluding carboxylic acids is 1. The van der Waals surface area contributed by atoms with Gasteiger partial charge in [0.1, 0.15) is 6.10 Å². The Kier molecular flexibility index (Phi) is 3.68. The summed E-state index contributed by atoms with van der Waals surface area (Å²) >= 11 is 0. The first-order valence-corrected chi connectivity index (χ1v) is 7.28. The number of amides is 1. The minimum absolute atomic E-state index is 0.0431. The zero-order chi connectivity index (χ0) is 15.0. The summed E-state index contributed by atoms with van der Waals surface area (Å²) in [5.74, 6) is -1.75. The first-order valence-electron chi connectivity index (χ1n) is 7.28. The van der Waals surface area contributed by atoms with Crippen LogP contribution < -0.4 is 0 Å². The second-order valence-corrected chi connectivity index (χ2v) is 5.88. The topological polar surface area (TPSA) is 66.8 Å². The Balaban J connectivity index is 1.69. The molecule has 0 bridgehead atoms. The van der Waals surface area contributed by atoms with E-state index in [1.165, 1.54) is 0 Å². The lowest BCUT2D eigenvalue weighted by molar-refractivity contribution is -0.149. The molecule has 112 valence electrons. The van der Waals surface area contributed by atoms with Gasteiger partial charge >= 0.3 is 5.97 Å². The Morgan fingerprint density at radius 3 is 2.52 bits per heavy atom. The molecule has 1 amide bonds. The summed E-state index contributed by atoms with van der Waals surface area (Å²) < 4.78 is 5.92. The Morgan fingerprint density at radius 1 is 1.19 bits per heavy atom. The van der Waals surface area contributed by atoms with E-state index in [-0.39, 0.29) is 24.0 Å². The van der Waals surface area contributed by atoms with Crippen molar-refractivity contribution in [2.45, 2.75) is 25.6 Å². The number of hydrogen-bond acceptors (Lipinski definition) is 3. The van der Waals surface area contributed by atoms with Gasteiger partial charge in [-0.1, -0.05) is 30.3 Å². The van der Waals surface area contributed by atoms with Crippen molar-refractivity contribution in [3.05, 3.63) is 35.9 Å². The van der Waals surface area contributed by atoms with Crippen LogP contribution in [0, 0.1) is 11.8 Å². The maximum absolute atomic E-state index is 12.4. The van der Waals surface area contributed by atoms with Crippen molar-refractivity contribution in [2.24, 2.45) is 11.8 Å². The molecular formula is C16H19NO4. The van der Waals surface area contributed by atoms with Gasteiger partial charge in [-0.3, -0.25) is 9.59 Å². The third-order valence-electron chi connectivity index (χ3n) is 4.17. The van der Waals surface area contributed by atoms with Crippen LogP contribution in [-0.4, -0.2) is 41.1 Å². The van der Waals surface area contributed by atoms with E-state index in [0.29, 0.717) is 19.5 Å². The zero-order valence-corrected chi connectivity index (χ0v) is 11.9. The van der Waals surface area contributed by atoms with Crippen LogP contribution in [-0.2, 0) is 14.3 Å². The van der Waals surface area contributed by atoms with Gasteiger partial charge < -0.3 is 14.7 Å². The third-order valence-corrected chi connectivity index (χ3v) is 4.17. The molecule has 1 saturated heterocycles. The Morgan fingerprint density at radius 2 is 1.90 bits per heavy atom. The van der Waals surface area contributed by atoms with E-state index >= 15 is 0 Å². The minimum atomic E-state index is -0.866. The monoisotopic (exact) mass is 289 g/mol. The summed E-state index contributed by atoms with van der Waals surface area (Å²) in [6.07, 6.45) is 0.284. The molecule has 3 rings (SSSR count). The number of morpholine rings is 1. The molecule has 1 N–H and O–H groups in total. The molecule has 5 heteroatoms. The maximum Gasteiger partial charge on any atom is 0.307 e. The predicted molar refractivity (Wildman–Crippen MR) is 75.5 cm³/mol. The van der Waals surface area contributed by atoms with Crippen molar-refractivity contribution in [1.82, 2.24) is 4.90 Å². The largest absolute Gasteiger partial charge is 0.481 e. The van der Waals surface area contributed by atoms with Crippen LogP contribution in [0.25, 0.3) is 0 Å². The van der Waals surface area contributed by atoms with Gasteiger partial charge in [0.05, 0.1) is 24.5 Å². The fourth-order valence-corrected chi connectivity index (χ4v) is 2.96. The van der Waals surface area contributed by atoms with Crippen molar-refractivity contribution in [1.29, 1.82) is 0 Å². The van der Waals surface area contributed by atoms with Gasteiger partial charge in [-0.25, -0.2) is 0 Å². The van der Waals surface area contributed by atoms with Crippen molar-refractivity contribution >= 4 is 11.9 Å². The Labute approximate surface area is 123 Å². The molecule has 0 spiro atoms. The van der Waals surface area contributed by atoms with Crippen molar-refractivity contribution in [3.8, 4) is 0 Å². The molecule has 1 aromatic rings. The average molecular weight is 289 g/mol. The van der Waals surface area contributed by atoms with Crippen LogP contribution in [0.5, 0.6) is 0 Å². The Bertz CT molecular complexity index is 544. The average Bonchev–Trinajstić information content (AvgIpc) is 3.27. The standard InChI is InChI=1S/C16H19NO4/c1-10-8-17(15(18)12-7-13(12)16(19)20)9-14(21-10)11-5-3-2-4-6-11/h2-6,10,12-14H,7-9H2,1H3,(H,19,20). The summed E-state index contributed by atoms with van der Waals surface area (Å²) in [5.41, 5.74) is 1.05. The van der Waals surface area contributed by atoms with E-state index in [0.717, 1.165) is 5.56 Å². The number of benzene rings is 1. The lowest BCUT2D eigenvalue weighted by Crippen LogP contribution is -2.46. The van der Waals surface area contributed by atoms with E-state index < -0.39 is 11.9 Å². The van der Waals surface area contributed by atoms with Gasteiger partial charge in [0, 0.05) is 6.54 Å². The zero-order valence-electron chi connectivity index (χ0n) is 11.9. The van der Waals surface area contributed by atoms with Gasteiger partial charge in [-0.2, -0.15) is 0 Å². The van der Waals surface area contributed by atoms with Gasteiger partial charge in [0.15, 0.2) is 0 Å². The Hall–Kier alpha value is -1.88. The van der Waals surface area contributed by atoms with Crippen LogP contribution in [0.1, 0.15) is 25.0 Å². The molecule has 1 aliphatic heterocycles. The van der Waals surface area contributed by atoms with E-state index in [9.17, 15) is 9.59 Å². The number of carbonyl (C=O) groups is 2. The second-order valence-electron chi connectivity index (χ2n) is 5.88. The molecule has 0 radical (unpaired) electrons. The highest BCUT2D eigenvalue weighted by atomic mass is 16.5. The third kappa shape index (κ3) is 2.93. The van der Waals surface area contributed by atoms with E-state index in [1.807, 2.05) is 37.3 Å². The van der Waals surface area contributed by atoms with Gasteiger partial charge in [-0.15, -0.1) is 0 Å². The predicted octanol–water partition coefficient (Wildman–Crippen LogP) is 1.70. The molecule has 1 saturated carbocycles. The van der Waals surface area contributed by atoms with E-state index in [1.54, 1.807) is 4.90 Å². The number of carboxylic acid groups (broad SMARTS) is 1. The summed E-state index contributed by atoms with van der Waals surface area (Å²) in [5, 5.41) is 8.96. The van der Waals surface area contributed by atoms with Gasteiger partial charge in [0.2, 0.25) is 5.91 Å². The number of ether oxygens (including phenoxy) is 1. The first-order chi connectivity index (χ1) is 10.1. The summed E-state index contributed by atoms with van der Waals surface area (Å²) in [4.78, 5) is 25.1. The van der Waals surface area contributed by atoms with Gasteiger partial charge in [-0.05, 0) is 18.9 Å². The van der Waals surface area contributed by atoms with Crippen molar-refractivity contribution in [2.75, 3.05) is 13.1 Å². The van der Waals surface area contributed by atoms with Crippen molar-refractivity contribution in [3.63, 3.8) is 0 Å². The molecule has 21 heavy (non-hydrogen) atoms. The molecular weight excluding hydrogens is 270 g/mol. The quantitative estimate of drug-likeness (QED) is 0.919. The summed E-state index contributed by atoms with van der Waals surface area (Å²) in [6.45, 7) is 2.97. The number of rotatable bonds is 3. The summed E-state index contributed by atoms with van der Waals surface area (Å²) in [6, 6.07) is 9.82. The number of nitrogens with zero attached hydrogens (tertiary/aromatic N) is 1. The van der Waals surface area contributed by atoms with E-state index in [4.69, 9.17) is 9.84 Å². The number of hydrogen-bond donors (Lipinski definition) is 1. The highest BCUT2D eigenvalue weighted by Crippen LogP contribution is 2.41. The molecule has 4 atom stereocenters. The van der Waals surface area contributed by atoms with Crippen molar-refractivity contribution < 1.29 is 19.4 Å². The van der Waals surface area contributed by atoms with Crippen LogP contribution in [0.15, 0.2) is 30.3 Å². The summed E-state index contributed by atoms with van der Waals surface area (Å²) in [7, 11) is 0. The fraction of sp³-hybridized carbons (Fsp3) is 0.500. The van der Waals surface area contributed by atoms with Crippen LogP contribution in [0.3, 0.4) is 0 Å². The molecule has 4 unspecified atom stereocenters. The first kappa shape index (κ1) is 14.1. The highest BCUT2D eigenvalue weighted by Gasteiger charge is 2.50. The molecule has 1 aliphatic carbocycles. The highest BCUT2D eigenvalue weighted by molar-refractivity contribution is 5.89. The van der Waals surface area contributed by atoms with E-state index in [2.05, 4.69) is 0 Å². The second kappa shape index (κ2) is 5.48. The van der Waals surface area contributed by atoms with Crippen LogP contribution in [0.4, 0.5) is 0 Å². The van der Waals surface area contributed by atoms with Crippen LogP contribution >= 0.6 is 0 Å². The normalized spacial score (nSPS) is 31.8. The number of carboxylic acids is 1. The molecule has 5 nitrogen and oxygen atoms in total. The molecule has 2 aliphatic rings. The number of aliphatic carboxylic acids is 1. The lowest BCUT2D eigenvalue weighted by atomic mass is 10.1. The fourth-order valence-electron chi connectivity index (χ4n) is 2.96. The van der Waals surface area contributed by atoms with Gasteiger partial charge in [0.25, 0.3) is 0 Å². The molecule has 1 aromatic carbocycles.